The van der Waals surface area contributed by atoms with Gasteiger partial charge in [0.2, 0.25) is 11.9 Å². The van der Waals surface area contributed by atoms with Crippen molar-refractivity contribution in [3.63, 3.8) is 0 Å². The maximum absolute atomic E-state index is 13.5. The second kappa shape index (κ2) is 44.7. The molecule has 3 amide bonds. The number of amides is 3. The van der Waals surface area contributed by atoms with Gasteiger partial charge in [-0.05, 0) is 108 Å². The van der Waals surface area contributed by atoms with E-state index in [0.29, 0.717) is 123 Å². The van der Waals surface area contributed by atoms with Crippen molar-refractivity contribution in [2.75, 3.05) is 174 Å². The van der Waals surface area contributed by atoms with Crippen molar-refractivity contribution in [1.82, 2.24) is 65.8 Å². The highest BCUT2D eigenvalue weighted by molar-refractivity contribution is 7.98. The summed E-state index contributed by atoms with van der Waals surface area (Å²) < 4.78 is 5.65. The summed E-state index contributed by atoms with van der Waals surface area (Å²) in [5.41, 5.74) is 3.36. The van der Waals surface area contributed by atoms with E-state index in [1.54, 1.807) is 61.2 Å². The molecule has 5 saturated heterocycles. The van der Waals surface area contributed by atoms with E-state index >= 15 is 0 Å². The number of carboxylic acids is 3. The topological polar surface area (TPSA) is 410 Å². The van der Waals surface area contributed by atoms with Gasteiger partial charge in [-0.25, -0.2) is 54.3 Å². The molecule has 0 spiro atoms. The van der Waals surface area contributed by atoms with E-state index in [4.69, 9.17) is 26.3 Å². The number of hydrogen-bond acceptors (Lipinski definition) is 29. The van der Waals surface area contributed by atoms with Gasteiger partial charge in [-0.15, -0.1) is 0 Å². The minimum absolute atomic E-state index is 0.0251. The predicted octanol–water partition coefficient (Wildman–Crippen LogP) is 9.72. The molecule has 6 N–H and O–H groups in total. The minimum Gasteiger partial charge on any atom is -0.480 e. The average molecular weight is 1790 g/mol. The zero-order valence-electron chi connectivity index (χ0n) is 71.1. The number of halogens is 1. The van der Waals surface area contributed by atoms with Crippen molar-refractivity contribution in [3.05, 3.63) is 274 Å². The lowest BCUT2D eigenvalue weighted by atomic mass is 10.00. The van der Waals surface area contributed by atoms with E-state index < -0.39 is 58.7 Å². The number of nitro benzene ring substituents is 1. The number of non-ortho nitro benzene ring substituents is 1. The monoisotopic (exact) mass is 1790 g/mol. The number of carbonyl (C=O) groups excluding carboxylic acids is 3. The number of ether oxygens (including phenoxy) is 1. The number of anilines is 9. The molecule has 0 radical (unpaired) electrons. The lowest BCUT2D eigenvalue weighted by Gasteiger charge is -2.37. The third-order valence-electron chi connectivity index (χ3n) is 22.4. The molecule has 5 fully saturated rings. The molecule has 35 nitrogen and oxygen atoms in total. The first kappa shape index (κ1) is 91.0. The van der Waals surface area contributed by atoms with Crippen LogP contribution in [0.25, 0.3) is 11.4 Å². The van der Waals surface area contributed by atoms with E-state index in [1.807, 2.05) is 138 Å². The maximum Gasteiger partial charge on any atom is 0.328 e. The van der Waals surface area contributed by atoms with Gasteiger partial charge in [-0.3, -0.25) is 24.5 Å². The number of carboxylic acid groups (broad SMARTS) is 3. The number of rotatable bonds is 30. The van der Waals surface area contributed by atoms with Gasteiger partial charge in [0.05, 0.1) is 18.1 Å². The molecule has 668 valence electrons. The SMILES string of the molecule is CC1CCN(c2nc(C(=O)N[C@@H](CSCc3ccccc3)C(=O)O)cc(N3CCN(c4ccccn4)CC3)n2)CC1.O=C(NC(Cc1ccc(Cl)cc1)C(=O)O)c1cc(N2CCN(c3ccccn3)CC2)nc(-c2ccc([N+](=O)[O-])cc2)n1.O=C(N[C@@H](COCc1ccccc1)C(=O)O)c1cc(N2CCN(c3ccccn3)CC2)nc(N2CCN(c3ccccn3)CC2)n1. The summed E-state index contributed by atoms with van der Waals surface area (Å²) in [4.78, 5) is 152. The van der Waals surface area contributed by atoms with Crippen molar-refractivity contribution in [1.29, 1.82) is 0 Å². The molecule has 129 heavy (non-hydrogen) atoms. The molecule has 0 aliphatic carbocycles. The number of piperazine rings is 4. The molecule has 11 aromatic rings. The molecule has 5 aliphatic rings. The Kier molecular flexibility index (Phi) is 31.6. The van der Waals surface area contributed by atoms with E-state index in [-0.39, 0.29) is 54.0 Å². The number of carbonyl (C=O) groups is 6. The van der Waals surface area contributed by atoms with Crippen LogP contribution in [0.15, 0.2) is 225 Å². The summed E-state index contributed by atoms with van der Waals surface area (Å²) in [6.07, 6.45) is 9.23. The average Bonchev–Trinajstić information content (AvgIpc) is 0.805. The number of aliphatic carboxylic acids is 3. The summed E-state index contributed by atoms with van der Waals surface area (Å²) in [5, 5.41) is 49.1. The largest absolute Gasteiger partial charge is 0.480 e. The highest BCUT2D eigenvalue weighted by atomic mass is 35.5. The summed E-state index contributed by atoms with van der Waals surface area (Å²) in [5.74, 6) is 2.90. The number of nitrogens with zero attached hydrogens (tertiary/aromatic N) is 20. The third-order valence-corrected chi connectivity index (χ3v) is 23.8. The van der Waals surface area contributed by atoms with Crippen LogP contribution < -0.4 is 60.0 Å². The lowest BCUT2D eigenvalue weighted by molar-refractivity contribution is -0.384. The molecule has 7 aromatic heterocycles. The first-order valence-corrected chi connectivity index (χ1v) is 44.2. The van der Waals surface area contributed by atoms with Crippen LogP contribution >= 0.6 is 23.4 Å². The molecule has 16 rings (SSSR count). The second-order valence-electron chi connectivity index (χ2n) is 31.3. The highest BCUT2D eigenvalue weighted by Crippen LogP contribution is 2.30. The van der Waals surface area contributed by atoms with Crippen molar-refractivity contribution in [2.45, 2.75) is 56.7 Å². The van der Waals surface area contributed by atoms with E-state index in [0.717, 1.165) is 99.6 Å². The number of piperidine rings is 1. The Morgan fingerprint density at radius 3 is 1.19 bits per heavy atom. The fourth-order valence-electron chi connectivity index (χ4n) is 15.1. The fourth-order valence-corrected chi connectivity index (χ4v) is 16.2. The number of hydrogen-bond donors (Lipinski definition) is 6. The van der Waals surface area contributed by atoms with Gasteiger partial charge in [0.1, 0.15) is 69.9 Å². The van der Waals surface area contributed by atoms with Crippen LogP contribution in [0, 0.1) is 16.0 Å². The van der Waals surface area contributed by atoms with E-state index in [1.165, 1.54) is 42.1 Å². The van der Waals surface area contributed by atoms with Gasteiger partial charge in [0, 0.05) is 201 Å². The maximum atomic E-state index is 13.5. The van der Waals surface area contributed by atoms with Crippen LogP contribution in [0.3, 0.4) is 0 Å². The van der Waals surface area contributed by atoms with Crippen LogP contribution in [0.2, 0.25) is 5.02 Å². The molecule has 37 heteroatoms. The Labute approximate surface area is 754 Å². The molecule has 1 unspecified atom stereocenters. The standard InChI is InChI=1S/C33H37N9O4.C30H37N7O3S.C29H26ClN7O5/c43-31(36-27(32(44)45)24-46-23-25-8-2-1-3-9-25)26-22-30(41-16-14-39(15-17-41)28-10-4-6-12-34-28)38-33(37-26)42-20-18-40(19-21-42)29-11-5-7-13-35-29;1-22-10-13-37(14-11-22)30-33-24(28(38)32-25(29(39)40)21-41-20-23-7-3-2-4-8-23)19-27(34-30)36-17-15-35(16-18-36)26-9-5-6-12-31-26;30-21-8-4-19(5-9-21)17-24(29(39)40)33-28(38)23-18-26(34-27(32-23)20-6-10-22(11-7-20)37(41)42)36-15-13-35(14-16-36)25-3-1-2-12-31-25/h1-13,22,27H,14-21,23-24H2,(H,36,43)(H,44,45);2-9,12,19,22,25H,10-11,13-18,20-21H2,1H3,(H,32,38)(H,39,40);1-12,18,24H,13-17H2,(H,33,38)(H,39,40)/t27-;25-;/m00./s1. The van der Waals surface area contributed by atoms with Crippen LogP contribution in [0.1, 0.15) is 67.9 Å². The van der Waals surface area contributed by atoms with Crippen LogP contribution in [-0.4, -0.2) is 254 Å². The molecule has 0 bridgehead atoms. The van der Waals surface area contributed by atoms with Gasteiger partial charge in [-0.1, -0.05) is 116 Å². The summed E-state index contributed by atoms with van der Waals surface area (Å²) in [7, 11) is 0. The Balaban J connectivity index is 0.000000157. The number of benzene rings is 4. The first-order valence-electron chi connectivity index (χ1n) is 42.7. The van der Waals surface area contributed by atoms with Crippen molar-refractivity contribution in [3.8, 4) is 11.4 Å². The number of thioether (sulfide) groups is 1. The van der Waals surface area contributed by atoms with Crippen molar-refractivity contribution >= 4 is 117 Å². The van der Waals surface area contributed by atoms with Crippen molar-refractivity contribution in [2.24, 2.45) is 5.92 Å². The fraction of sp³-hybridized carbons (Fsp3) is 0.326. The Morgan fingerprint density at radius 2 is 0.783 bits per heavy atom. The number of nitro groups is 1. The highest BCUT2D eigenvalue weighted by Gasteiger charge is 2.33. The van der Waals surface area contributed by atoms with Gasteiger partial charge >= 0.3 is 17.9 Å². The first-order chi connectivity index (χ1) is 62.7. The van der Waals surface area contributed by atoms with Gasteiger partial charge < -0.3 is 80.1 Å². The van der Waals surface area contributed by atoms with Crippen LogP contribution in [0.4, 0.5) is 58.3 Å². The zero-order valence-corrected chi connectivity index (χ0v) is 72.7. The van der Waals surface area contributed by atoms with Crippen LogP contribution in [-0.2, 0) is 37.9 Å². The zero-order chi connectivity index (χ0) is 90.0. The predicted molar refractivity (Wildman–Crippen MR) is 494 cm³/mol. The minimum atomic E-state index is -1.25. The summed E-state index contributed by atoms with van der Waals surface area (Å²) in [6, 6.07) is 56.4. The quantitative estimate of drug-likeness (QED) is 0.0180. The molecular formula is C92H100ClN23O12S. The Bertz CT molecular complexity index is 5460. The normalized spacial score (nSPS) is 15.5. The Hall–Kier alpha value is -14.3. The number of aromatic nitrogens is 10. The Morgan fingerprint density at radius 1 is 0.419 bits per heavy atom. The molecular weight excluding hydrogens is 1690 g/mol. The third kappa shape index (κ3) is 25.6. The van der Waals surface area contributed by atoms with Gasteiger partial charge in [-0.2, -0.15) is 21.7 Å². The van der Waals surface area contributed by atoms with E-state index in [2.05, 4.69) is 102 Å². The summed E-state index contributed by atoms with van der Waals surface area (Å²) in [6.45, 7) is 15.0. The molecule has 0 saturated carbocycles. The summed E-state index contributed by atoms with van der Waals surface area (Å²) >= 11 is 7.41. The number of nitrogens with one attached hydrogen (secondary N) is 3. The van der Waals surface area contributed by atoms with Crippen molar-refractivity contribution < 1.29 is 53.7 Å². The molecule has 4 aromatic carbocycles. The smallest absolute Gasteiger partial charge is 0.328 e. The van der Waals surface area contributed by atoms with Gasteiger partial charge in [0.25, 0.3) is 23.4 Å². The lowest BCUT2D eigenvalue weighted by Crippen LogP contribution is -2.49. The van der Waals surface area contributed by atoms with Gasteiger partial charge in [0.15, 0.2) is 11.9 Å². The molecule has 3 atom stereocenters. The number of pyridine rings is 4. The molecule has 5 aliphatic heterocycles. The van der Waals surface area contributed by atoms with Crippen LogP contribution in [0.5, 0.6) is 0 Å². The van der Waals surface area contributed by atoms with E-state index in [9.17, 15) is 54.2 Å². The molecule has 12 heterocycles. The second-order valence-corrected chi connectivity index (χ2v) is 32.8.